The molecule has 0 bridgehead atoms. The number of likely N-dealkylation sites (tertiary alicyclic amines) is 1. The van der Waals surface area contributed by atoms with Gasteiger partial charge in [0.25, 0.3) is 0 Å². The number of nitrogens with zero attached hydrogens (tertiary/aromatic N) is 1. The zero-order valence-corrected chi connectivity index (χ0v) is 16.6. The van der Waals surface area contributed by atoms with Crippen LogP contribution in [0.1, 0.15) is 24.8 Å². The van der Waals surface area contributed by atoms with Gasteiger partial charge in [0.05, 0.1) is 11.9 Å². The second-order valence-corrected chi connectivity index (χ2v) is 8.02. The Balaban J connectivity index is 2.11. The van der Waals surface area contributed by atoms with E-state index in [-0.39, 0.29) is 10.2 Å². The third-order valence-corrected chi connectivity index (χ3v) is 7.66. The number of ether oxygens (including phenoxy) is 3. The van der Waals surface area contributed by atoms with Crippen LogP contribution in [0.2, 0.25) is 0 Å². The predicted molar refractivity (Wildman–Crippen MR) is 99.0 cm³/mol. The van der Waals surface area contributed by atoms with Crippen molar-refractivity contribution in [3.63, 3.8) is 0 Å². The predicted octanol–water partition coefficient (Wildman–Crippen LogP) is 3.43. The first-order valence-electron chi connectivity index (χ1n) is 8.60. The maximum absolute atomic E-state index is 5.91. The van der Waals surface area contributed by atoms with Crippen LogP contribution < -0.4 is 4.74 Å². The van der Waals surface area contributed by atoms with E-state index in [0.717, 1.165) is 38.1 Å². The molecule has 1 aliphatic carbocycles. The van der Waals surface area contributed by atoms with Gasteiger partial charge in [-0.1, -0.05) is 28.1 Å². The van der Waals surface area contributed by atoms with Crippen molar-refractivity contribution in [1.82, 2.24) is 4.90 Å². The Labute approximate surface area is 153 Å². The minimum absolute atomic E-state index is 0.0225. The summed E-state index contributed by atoms with van der Waals surface area (Å²) >= 11 is 4.03. The maximum atomic E-state index is 5.91. The van der Waals surface area contributed by atoms with Gasteiger partial charge in [-0.25, -0.2) is 0 Å². The van der Waals surface area contributed by atoms with Gasteiger partial charge in [0.1, 0.15) is 5.75 Å². The first kappa shape index (κ1) is 18.2. The number of benzene rings is 1. The van der Waals surface area contributed by atoms with Crippen LogP contribution in [0, 0.1) is 5.92 Å². The van der Waals surface area contributed by atoms with Crippen LogP contribution in [0.15, 0.2) is 24.3 Å². The topological polar surface area (TPSA) is 30.9 Å². The van der Waals surface area contributed by atoms with E-state index >= 15 is 0 Å². The van der Waals surface area contributed by atoms with E-state index in [2.05, 4.69) is 46.1 Å². The summed E-state index contributed by atoms with van der Waals surface area (Å²) in [6.45, 7) is 2.17. The lowest BCUT2D eigenvalue weighted by molar-refractivity contribution is -0.239. The molecular weight excluding hydrogens is 370 g/mol. The van der Waals surface area contributed by atoms with E-state index in [9.17, 15) is 0 Å². The normalized spacial score (nSPS) is 33.0. The summed E-state index contributed by atoms with van der Waals surface area (Å²) < 4.78 is 17.3. The molecular formula is C19H28BrNO3. The van der Waals surface area contributed by atoms with Gasteiger partial charge in [-0.3, -0.25) is 0 Å². The van der Waals surface area contributed by atoms with Crippen molar-refractivity contribution >= 4 is 15.9 Å². The van der Waals surface area contributed by atoms with Crippen molar-refractivity contribution < 1.29 is 14.2 Å². The summed E-state index contributed by atoms with van der Waals surface area (Å²) in [5.41, 5.74) is 1.30. The van der Waals surface area contributed by atoms with E-state index in [1.54, 1.807) is 21.3 Å². The first-order valence-corrected chi connectivity index (χ1v) is 9.51. The van der Waals surface area contributed by atoms with Crippen LogP contribution in [-0.4, -0.2) is 57.0 Å². The molecule has 1 saturated carbocycles. The Morgan fingerprint density at radius 2 is 1.92 bits per heavy atom. The van der Waals surface area contributed by atoms with Gasteiger partial charge in [-0.05, 0) is 50.0 Å². The van der Waals surface area contributed by atoms with Crippen molar-refractivity contribution in [3.05, 3.63) is 29.8 Å². The van der Waals surface area contributed by atoms with Crippen molar-refractivity contribution in [3.8, 4) is 5.75 Å². The first-order chi connectivity index (χ1) is 11.5. The van der Waals surface area contributed by atoms with Gasteiger partial charge in [0.2, 0.25) is 0 Å². The van der Waals surface area contributed by atoms with E-state index in [0.29, 0.717) is 5.92 Å². The molecule has 1 heterocycles. The molecule has 3 unspecified atom stereocenters. The van der Waals surface area contributed by atoms with Crippen LogP contribution in [0.5, 0.6) is 5.75 Å². The summed E-state index contributed by atoms with van der Waals surface area (Å²) in [5, 5.41) is 0. The molecule has 1 aromatic carbocycles. The molecule has 134 valence electrons. The van der Waals surface area contributed by atoms with Crippen LogP contribution in [0.25, 0.3) is 0 Å². The lowest BCUT2D eigenvalue weighted by Crippen LogP contribution is -2.64. The van der Waals surface area contributed by atoms with Crippen molar-refractivity contribution in [2.24, 2.45) is 5.92 Å². The third kappa shape index (κ3) is 2.70. The number of alkyl halides is 1. The fraction of sp³-hybridized carbons (Fsp3) is 0.684. The minimum atomic E-state index is -0.588. The number of piperidine rings is 1. The van der Waals surface area contributed by atoms with Crippen LogP contribution >= 0.6 is 15.9 Å². The zero-order valence-electron chi connectivity index (χ0n) is 15.0. The Morgan fingerprint density at radius 1 is 1.17 bits per heavy atom. The van der Waals surface area contributed by atoms with Crippen LogP contribution in [0.3, 0.4) is 0 Å². The Hall–Kier alpha value is -0.620. The highest BCUT2D eigenvalue weighted by Gasteiger charge is 2.60. The van der Waals surface area contributed by atoms with E-state index < -0.39 is 5.79 Å². The Morgan fingerprint density at radius 3 is 2.58 bits per heavy atom. The van der Waals surface area contributed by atoms with Crippen molar-refractivity contribution in [1.29, 1.82) is 0 Å². The molecule has 0 aromatic heterocycles. The number of hydrogen-bond donors (Lipinski definition) is 0. The van der Waals surface area contributed by atoms with Gasteiger partial charge >= 0.3 is 0 Å². The second-order valence-electron chi connectivity index (χ2n) is 7.10. The van der Waals surface area contributed by atoms with E-state index in [1.165, 1.54) is 5.56 Å². The standard InChI is InChI=1S/C19H28BrNO3/c1-21-11-10-18(14-6-5-7-16(12-14)22-2)15(13-21)8-9-19(23-3,24-4)17(18)20/h5-7,12,15,17H,8-11,13H2,1-4H3. The molecule has 0 N–H and O–H groups in total. The third-order valence-electron chi connectivity index (χ3n) is 6.15. The monoisotopic (exact) mass is 397 g/mol. The summed E-state index contributed by atoms with van der Waals surface area (Å²) in [4.78, 5) is 2.53. The summed E-state index contributed by atoms with van der Waals surface area (Å²) in [6, 6.07) is 8.52. The molecule has 2 aliphatic rings. The van der Waals surface area contributed by atoms with Crippen LogP contribution in [-0.2, 0) is 14.9 Å². The molecule has 24 heavy (non-hydrogen) atoms. The lowest BCUT2D eigenvalue weighted by Gasteiger charge is -2.58. The molecule has 3 atom stereocenters. The summed E-state index contributed by atoms with van der Waals surface area (Å²) in [7, 11) is 7.45. The van der Waals surface area contributed by atoms with Crippen LogP contribution in [0.4, 0.5) is 0 Å². The average Bonchev–Trinajstić information content (AvgIpc) is 2.63. The number of methoxy groups -OCH3 is 3. The van der Waals surface area contributed by atoms with Crippen molar-refractivity contribution in [2.45, 2.75) is 35.3 Å². The highest BCUT2D eigenvalue weighted by atomic mass is 79.9. The van der Waals surface area contributed by atoms with Crippen molar-refractivity contribution in [2.75, 3.05) is 41.5 Å². The highest BCUT2D eigenvalue weighted by Crippen LogP contribution is 2.56. The van der Waals surface area contributed by atoms with Gasteiger partial charge < -0.3 is 19.1 Å². The smallest absolute Gasteiger partial charge is 0.180 e. The molecule has 5 heteroatoms. The summed E-state index contributed by atoms with van der Waals surface area (Å²) in [5.74, 6) is 0.881. The van der Waals surface area contributed by atoms with E-state index in [4.69, 9.17) is 14.2 Å². The molecule has 2 fully saturated rings. The average molecular weight is 398 g/mol. The van der Waals surface area contributed by atoms with Gasteiger partial charge in [0.15, 0.2) is 5.79 Å². The largest absolute Gasteiger partial charge is 0.497 e. The molecule has 1 saturated heterocycles. The molecule has 3 rings (SSSR count). The van der Waals surface area contributed by atoms with Gasteiger partial charge in [-0.15, -0.1) is 0 Å². The number of halogens is 1. The maximum Gasteiger partial charge on any atom is 0.180 e. The molecule has 4 nitrogen and oxygen atoms in total. The van der Waals surface area contributed by atoms with E-state index in [1.807, 2.05) is 6.07 Å². The SMILES string of the molecule is COc1cccc(C23CCN(C)CC2CCC(OC)(OC)C3Br)c1. The Kier molecular flexibility index (Phi) is 5.26. The summed E-state index contributed by atoms with van der Waals surface area (Å²) in [6.07, 6.45) is 3.07. The second kappa shape index (κ2) is 6.94. The quantitative estimate of drug-likeness (QED) is 0.575. The molecule has 0 amide bonds. The fourth-order valence-electron chi connectivity index (χ4n) is 4.72. The molecule has 1 aliphatic heterocycles. The van der Waals surface area contributed by atoms with Gasteiger partial charge in [-0.2, -0.15) is 0 Å². The molecule has 0 radical (unpaired) electrons. The van der Waals surface area contributed by atoms with Gasteiger partial charge in [0, 0.05) is 32.6 Å². The number of hydrogen-bond acceptors (Lipinski definition) is 4. The number of fused-ring (bicyclic) bond motifs is 1. The highest BCUT2D eigenvalue weighted by molar-refractivity contribution is 9.09. The minimum Gasteiger partial charge on any atom is -0.497 e. The zero-order chi connectivity index (χ0) is 17.4. The number of rotatable bonds is 4. The molecule has 0 spiro atoms. The fourth-order valence-corrected chi connectivity index (χ4v) is 6.19. The lowest BCUT2D eigenvalue weighted by atomic mass is 9.57. The molecule has 1 aromatic rings. The Bertz CT molecular complexity index is 577.